The maximum absolute atomic E-state index is 5.73. The molecule has 0 fully saturated rings. The van der Waals surface area contributed by atoms with Crippen molar-refractivity contribution in [1.82, 2.24) is 9.55 Å². The molecule has 0 saturated carbocycles. The molecular weight excluding hydrogens is 186 g/mol. The van der Waals surface area contributed by atoms with Crippen LogP contribution in [0.15, 0.2) is 49.3 Å². The molecule has 0 aliphatic carbocycles. The molecule has 3 nitrogen and oxygen atoms in total. The van der Waals surface area contributed by atoms with Crippen molar-refractivity contribution in [3.63, 3.8) is 0 Å². The molecule has 0 unspecified atom stereocenters. The number of hydrogen-bond acceptors (Lipinski definition) is 2. The Balaban J connectivity index is 2.44. The Morgan fingerprint density at radius 1 is 1.47 bits per heavy atom. The molecule has 0 atom stereocenters. The maximum Gasteiger partial charge on any atom is 0.140 e. The van der Waals surface area contributed by atoms with Crippen molar-refractivity contribution in [2.75, 3.05) is 5.73 Å². The van der Waals surface area contributed by atoms with E-state index in [0.29, 0.717) is 0 Å². The minimum absolute atomic E-state index is 0.751. The smallest absolute Gasteiger partial charge is 0.140 e. The first-order valence-corrected chi connectivity index (χ1v) is 4.79. The highest BCUT2D eigenvalue weighted by Gasteiger charge is 2.04. The highest BCUT2D eigenvalue weighted by atomic mass is 15.1. The van der Waals surface area contributed by atoms with E-state index in [0.717, 1.165) is 23.6 Å². The normalized spacial score (nSPS) is 10.1. The van der Waals surface area contributed by atoms with Crippen LogP contribution >= 0.6 is 0 Å². The molecule has 1 heterocycles. The molecule has 2 rings (SSSR count). The first-order valence-electron chi connectivity index (χ1n) is 4.79. The van der Waals surface area contributed by atoms with Gasteiger partial charge in [0, 0.05) is 30.2 Å². The minimum Gasteiger partial charge on any atom is -0.399 e. The number of benzene rings is 1. The SMILES string of the molecule is C=CCn1ccnc1-c1cccc(N)c1. The average Bonchev–Trinajstić information content (AvgIpc) is 2.66. The van der Waals surface area contributed by atoms with E-state index >= 15 is 0 Å². The number of imidazole rings is 1. The molecule has 76 valence electrons. The van der Waals surface area contributed by atoms with E-state index in [9.17, 15) is 0 Å². The molecule has 2 aromatic rings. The number of rotatable bonds is 3. The third-order valence-corrected chi connectivity index (χ3v) is 2.19. The van der Waals surface area contributed by atoms with Crippen LogP contribution < -0.4 is 5.73 Å². The monoisotopic (exact) mass is 199 g/mol. The van der Waals surface area contributed by atoms with Crippen molar-refractivity contribution in [3.05, 3.63) is 49.3 Å². The molecule has 3 heteroatoms. The van der Waals surface area contributed by atoms with E-state index in [4.69, 9.17) is 5.73 Å². The molecule has 2 N–H and O–H groups in total. The van der Waals surface area contributed by atoms with Crippen molar-refractivity contribution in [2.24, 2.45) is 0 Å². The van der Waals surface area contributed by atoms with Crippen molar-refractivity contribution < 1.29 is 0 Å². The van der Waals surface area contributed by atoms with Crippen LogP contribution in [0.1, 0.15) is 0 Å². The van der Waals surface area contributed by atoms with Crippen molar-refractivity contribution in [2.45, 2.75) is 6.54 Å². The fourth-order valence-electron chi connectivity index (χ4n) is 1.53. The first kappa shape index (κ1) is 9.52. The van der Waals surface area contributed by atoms with E-state index in [1.165, 1.54) is 0 Å². The Bertz CT molecular complexity index is 471. The zero-order valence-electron chi connectivity index (χ0n) is 8.43. The van der Waals surface area contributed by atoms with Crippen LogP contribution in [0, 0.1) is 0 Å². The lowest BCUT2D eigenvalue weighted by atomic mass is 10.2. The predicted molar refractivity (Wildman–Crippen MR) is 62.3 cm³/mol. The summed E-state index contributed by atoms with van der Waals surface area (Å²) in [6.45, 7) is 4.47. The lowest BCUT2D eigenvalue weighted by molar-refractivity contribution is 0.832. The Morgan fingerprint density at radius 3 is 3.07 bits per heavy atom. The summed E-state index contributed by atoms with van der Waals surface area (Å²) in [6.07, 6.45) is 5.56. The zero-order valence-corrected chi connectivity index (χ0v) is 8.43. The van der Waals surface area contributed by atoms with Gasteiger partial charge in [-0.1, -0.05) is 18.2 Å². The number of hydrogen-bond donors (Lipinski definition) is 1. The predicted octanol–water partition coefficient (Wildman–Crippen LogP) is 2.32. The summed E-state index contributed by atoms with van der Waals surface area (Å²) in [4.78, 5) is 4.31. The Kier molecular flexibility index (Phi) is 2.54. The third kappa shape index (κ3) is 1.91. The van der Waals surface area contributed by atoms with E-state index < -0.39 is 0 Å². The Labute approximate surface area is 88.9 Å². The highest BCUT2D eigenvalue weighted by Crippen LogP contribution is 2.19. The van der Waals surface area contributed by atoms with E-state index in [-0.39, 0.29) is 0 Å². The van der Waals surface area contributed by atoms with Gasteiger partial charge in [0.25, 0.3) is 0 Å². The summed E-state index contributed by atoms with van der Waals surface area (Å²) < 4.78 is 2.03. The first-order chi connectivity index (χ1) is 7.31. The van der Waals surface area contributed by atoms with Gasteiger partial charge in [-0.15, -0.1) is 6.58 Å². The van der Waals surface area contributed by atoms with Gasteiger partial charge < -0.3 is 10.3 Å². The summed E-state index contributed by atoms with van der Waals surface area (Å²) in [5.41, 5.74) is 7.51. The Hall–Kier alpha value is -2.03. The summed E-state index contributed by atoms with van der Waals surface area (Å²) in [7, 11) is 0. The van der Waals surface area contributed by atoms with Crippen LogP contribution in [-0.2, 0) is 6.54 Å². The number of allylic oxidation sites excluding steroid dienone is 1. The number of aromatic nitrogens is 2. The molecule has 0 spiro atoms. The van der Waals surface area contributed by atoms with Gasteiger partial charge in [0.05, 0.1) is 0 Å². The molecule has 0 saturated heterocycles. The molecular formula is C12H13N3. The molecule has 15 heavy (non-hydrogen) atoms. The number of nitrogens with zero attached hydrogens (tertiary/aromatic N) is 2. The van der Waals surface area contributed by atoms with Crippen molar-refractivity contribution >= 4 is 5.69 Å². The summed E-state index contributed by atoms with van der Waals surface area (Å²) in [5, 5.41) is 0. The van der Waals surface area contributed by atoms with Crippen LogP contribution in [0.2, 0.25) is 0 Å². The van der Waals surface area contributed by atoms with Gasteiger partial charge in [-0.2, -0.15) is 0 Å². The molecule has 0 bridgehead atoms. The van der Waals surface area contributed by atoms with E-state index in [1.807, 2.05) is 41.1 Å². The molecule has 0 radical (unpaired) electrons. The second-order valence-electron chi connectivity index (χ2n) is 3.32. The molecule has 1 aromatic carbocycles. The molecule has 1 aromatic heterocycles. The molecule has 0 aliphatic heterocycles. The van der Waals surface area contributed by atoms with Crippen LogP contribution in [0.5, 0.6) is 0 Å². The third-order valence-electron chi connectivity index (χ3n) is 2.19. The van der Waals surface area contributed by atoms with Crippen LogP contribution in [0.25, 0.3) is 11.4 Å². The summed E-state index contributed by atoms with van der Waals surface area (Å²) in [5.74, 6) is 0.919. The van der Waals surface area contributed by atoms with Gasteiger partial charge in [-0.25, -0.2) is 4.98 Å². The van der Waals surface area contributed by atoms with Crippen molar-refractivity contribution in [3.8, 4) is 11.4 Å². The lowest BCUT2D eigenvalue weighted by Crippen LogP contribution is -1.97. The fraction of sp³-hybridized carbons (Fsp3) is 0.0833. The fourth-order valence-corrected chi connectivity index (χ4v) is 1.53. The number of anilines is 1. The molecule has 0 amide bonds. The number of nitrogen functional groups attached to an aromatic ring is 1. The minimum atomic E-state index is 0.751. The zero-order chi connectivity index (χ0) is 10.7. The van der Waals surface area contributed by atoms with Crippen molar-refractivity contribution in [1.29, 1.82) is 0 Å². The van der Waals surface area contributed by atoms with Crippen LogP contribution in [-0.4, -0.2) is 9.55 Å². The number of nitrogens with two attached hydrogens (primary N) is 1. The standard InChI is InChI=1S/C12H13N3/c1-2-7-15-8-6-14-12(15)10-4-3-5-11(13)9-10/h2-6,8-9H,1,7,13H2. The second kappa shape index (κ2) is 4.00. The summed E-state index contributed by atoms with van der Waals surface area (Å²) >= 11 is 0. The van der Waals surface area contributed by atoms with Gasteiger partial charge in [-0.3, -0.25) is 0 Å². The van der Waals surface area contributed by atoms with Gasteiger partial charge in [0.2, 0.25) is 0 Å². The quantitative estimate of drug-likeness (QED) is 0.609. The van der Waals surface area contributed by atoms with Gasteiger partial charge in [-0.05, 0) is 12.1 Å². The lowest BCUT2D eigenvalue weighted by Gasteiger charge is -2.05. The largest absolute Gasteiger partial charge is 0.399 e. The average molecular weight is 199 g/mol. The topological polar surface area (TPSA) is 43.8 Å². The summed E-state index contributed by atoms with van der Waals surface area (Å²) in [6, 6.07) is 7.71. The maximum atomic E-state index is 5.73. The van der Waals surface area contributed by atoms with Crippen LogP contribution in [0.3, 0.4) is 0 Å². The Morgan fingerprint density at radius 2 is 2.33 bits per heavy atom. The van der Waals surface area contributed by atoms with Gasteiger partial charge in [0.1, 0.15) is 5.82 Å². The van der Waals surface area contributed by atoms with Gasteiger partial charge >= 0.3 is 0 Å². The van der Waals surface area contributed by atoms with Crippen LogP contribution in [0.4, 0.5) is 5.69 Å². The highest BCUT2D eigenvalue weighted by molar-refractivity contribution is 5.61. The van der Waals surface area contributed by atoms with E-state index in [1.54, 1.807) is 6.20 Å². The second-order valence-corrected chi connectivity index (χ2v) is 3.32. The van der Waals surface area contributed by atoms with E-state index in [2.05, 4.69) is 11.6 Å². The molecule has 0 aliphatic rings. The van der Waals surface area contributed by atoms with Gasteiger partial charge in [0.15, 0.2) is 0 Å².